The lowest BCUT2D eigenvalue weighted by molar-refractivity contribution is 0.0947. The number of amides is 1. The van der Waals surface area contributed by atoms with Crippen LogP contribution in [0.5, 0.6) is 0 Å². The number of nitrogens with one attached hydrogen (secondary N) is 2. The summed E-state index contributed by atoms with van der Waals surface area (Å²) in [6.07, 6.45) is 6.58. The summed E-state index contributed by atoms with van der Waals surface area (Å²) in [6.45, 7) is 3.84. The predicted octanol–water partition coefficient (Wildman–Crippen LogP) is 0.999. The van der Waals surface area contributed by atoms with Crippen LogP contribution < -0.4 is 16.2 Å². The molecule has 7 heteroatoms. The molecule has 2 aromatic heterocycles. The second-order valence-corrected chi connectivity index (χ2v) is 5.78. The molecule has 1 aliphatic heterocycles. The Labute approximate surface area is 133 Å². The Bertz CT molecular complexity index is 730. The Balaban J connectivity index is 1.82. The summed E-state index contributed by atoms with van der Waals surface area (Å²) in [6, 6.07) is 1.98. The lowest BCUT2D eigenvalue weighted by Crippen LogP contribution is -2.38. The van der Waals surface area contributed by atoms with Crippen molar-refractivity contribution in [3.8, 4) is 0 Å². The van der Waals surface area contributed by atoms with Crippen LogP contribution in [0, 0.1) is 6.92 Å². The molecule has 1 amide bonds. The average Bonchev–Trinajstić information content (AvgIpc) is 3.07. The number of piperidine rings is 1. The van der Waals surface area contributed by atoms with Crippen molar-refractivity contribution in [3.63, 3.8) is 0 Å². The van der Waals surface area contributed by atoms with E-state index in [-0.39, 0.29) is 29.6 Å². The van der Waals surface area contributed by atoms with Gasteiger partial charge in [0.05, 0.1) is 6.20 Å². The van der Waals surface area contributed by atoms with E-state index >= 15 is 0 Å². The second-order valence-electron chi connectivity index (χ2n) is 5.78. The van der Waals surface area contributed by atoms with Crippen molar-refractivity contribution in [2.24, 2.45) is 0 Å². The summed E-state index contributed by atoms with van der Waals surface area (Å²) >= 11 is 0. The SMILES string of the molecule is Cc1ccn(C2CCNCC2)c(=O)c1C(=O)NCc1cnoc1. The minimum Gasteiger partial charge on any atom is -0.364 e. The van der Waals surface area contributed by atoms with Gasteiger partial charge in [-0.1, -0.05) is 5.16 Å². The van der Waals surface area contributed by atoms with Gasteiger partial charge < -0.3 is 19.7 Å². The largest absolute Gasteiger partial charge is 0.364 e. The van der Waals surface area contributed by atoms with E-state index < -0.39 is 0 Å². The molecule has 122 valence electrons. The van der Waals surface area contributed by atoms with Gasteiger partial charge in [0.2, 0.25) is 0 Å². The fraction of sp³-hybridized carbons (Fsp3) is 0.438. The van der Waals surface area contributed by atoms with Crippen molar-refractivity contribution < 1.29 is 9.32 Å². The summed E-state index contributed by atoms with van der Waals surface area (Å²) in [5.41, 5.74) is 1.43. The molecule has 0 unspecified atom stereocenters. The van der Waals surface area contributed by atoms with Crippen molar-refractivity contribution in [2.45, 2.75) is 32.4 Å². The fourth-order valence-electron chi connectivity index (χ4n) is 2.87. The van der Waals surface area contributed by atoms with Gasteiger partial charge in [0.15, 0.2) is 0 Å². The predicted molar refractivity (Wildman–Crippen MR) is 84.3 cm³/mol. The first-order chi connectivity index (χ1) is 11.2. The Kier molecular flexibility index (Phi) is 4.57. The van der Waals surface area contributed by atoms with E-state index in [0.717, 1.165) is 31.5 Å². The Hall–Kier alpha value is -2.41. The molecule has 0 spiro atoms. The van der Waals surface area contributed by atoms with Crippen LogP contribution in [0.4, 0.5) is 0 Å². The maximum Gasteiger partial charge on any atom is 0.263 e. The number of rotatable bonds is 4. The molecule has 1 saturated heterocycles. The number of nitrogens with zero attached hydrogens (tertiary/aromatic N) is 2. The van der Waals surface area contributed by atoms with E-state index in [0.29, 0.717) is 5.56 Å². The highest BCUT2D eigenvalue weighted by molar-refractivity contribution is 5.95. The summed E-state index contributed by atoms with van der Waals surface area (Å²) in [7, 11) is 0. The molecule has 1 fully saturated rings. The van der Waals surface area contributed by atoms with Crippen molar-refractivity contribution in [1.82, 2.24) is 20.4 Å². The number of hydrogen-bond donors (Lipinski definition) is 2. The molecular weight excluding hydrogens is 296 g/mol. The monoisotopic (exact) mass is 316 g/mol. The lowest BCUT2D eigenvalue weighted by Gasteiger charge is -2.25. The molecule has 0 bridgehead atoms. The van der Waals surface area contributed by atoms with Gasteiger partial charge in [0, 0.05) is 24.3 Å². The molecule has 7 nitrogen and oxygen atoms in total. The minimum atomic E-state index is -0.364. The zero-order valence-corrected chi connectivity index (χ0v) is 13.0. The maximum atomic E-state index is 12.7. The van der Waals surface area contributed by atoms with Crippen LogP contribution in [0.25, 0.3) is 0 Å². The summed E-state index contributed by atoms with van der Waals surface area (Å²) < 4.78 is 6.42. The third-order valence-electron chi connectivity index (χ3n) is 4.19. The Morgan fingerprint density at radius 2 is 2.26 bits per heavy atom. The summed E-state index contributed by atoms with van der Waals surface area (Å²) in [5, 5.41) is 9.61. The van der Waals surface area contributed by atoms with Gasteiger partial charge >= 0.3 is 0 Å². The van der Waals surface area contributed by atoms with E-state index in [9.17, 15) is 9.59 Å². The third kappa shape index (κ3) is 3.34. The van der Waals surface area contributed by atoms with E-state index in [4.69, 9.17) is 4.52 Å². The normalized spacial score (nSPS) is 15.5. The van der Waals surface area contributed by atoms with Crippen LogP contribution in [0.2, 0.25) is 0 Å². The zero-order chi connectivity index (χ0) is 16.2. The topological polar surface area (TPSA) is 89.2 Å². The highest BCUT2D eigenvalue weighted by Gasteiger charge is 2.21. The molecule has 1 aliphatic rings. The first-order valence-electron chi connectivity index (χ1n) is 7.75. The van der Waals surface area contributed by atoms with Gasteiger partial charge in [0.1, 0.15) is 11.8 Å². The second kappa shape index (κ2) is 6.78. The zero-order valence-electron chi connectivity index (χ0n) is 13.0. The van der Waals surface area contributed by atoms with Crippen molar-refractivity contribution in [1.29, 1.82) is 0 Å². The van der Waals surface area contributed by atoms with Gasteiger partial charge in [-0.05, 0) is 44.5 Å². The van der Waals surface area contributed by atoms with Gasteiger partial charge in [0.25, 0.3) is 11.5 Å². The molecule has 2 N–H and O–H groups in total. The molecule has 3 heterocycles. The van der Waals surface area contributed by atoms with Crippen LogP contribution in [0.1, 0.15) is 40.4 Å². The van der Waals surface area contributed by atoms with Crippen molar-refractivity contribution in [3.05, 3.63) is 51.8 Å². The summed E-state index contributed by atoms with van der Waals surface area (Å²) in [5.74, 6) is -0.364. The van der Waals surface area contributed by atoms with E-state index in [1.165, 1.54) is 12.5 Å². The maximum absolute atomic E-state index is 12.7. The number of hydrogen-bond acceptors (Lipinski definition) is 5. The number of carbonyl (C=O) groups excluding carboxylic acids is 1. The highest BCUT2D eigenvalue weighted by atomic mass is 16.5. The van der Waals surface area contributed by atoms with Gasteiger partial charge in [-0.2, -0.15) is 0 Å². The standard InChI is InChI=1S/C16H20N4O3/c1-11-4-7-20(13-2-5-17-6-3-13)16(22)14(11)15(21)18-8-12-9-19-23-10-12/h4,7,9-10,13,17H,2-3,5-6,8H2,1H3,(H,18,21). The smallest absolute Gasteiger partial charge is 0.263 e. The van der Waals surface area contributed by atoms with Crippen LogP contribution >= 0.6 is 0 Å². The van der Waals surface area contributed by atoms with Crippen LogP contribution in [0.3, 0.4) is 0 Å². The molecular formula is C16H20N4O3. The molecule has 0 aliphatic carbocycles. The molecule has 3 rings (SSSR count). The molecule has 0 aromatic carbocycles. The number of aryl methyl sites for hydroxylation is 1. The van der Waals surface area contributed by atoms with E-state index in [1.54, 1.807) is 17.7 Å². The van der Waals surface area contributed by atoms with Gasteiger partial charge in [-0.25, -0.2) is 0 Å². The first kappa shape index (κ1) is 15.5. The Morgan fingerprint density at radius 3 is 2.96 bits per heavy atom. The number of aromatic nitrogens is 2. The number of carbonyl (C=O) groups is 1. The van der Waals surface area contributed by atoms with E-state index in [2.05, 4.69) is 15.8 Å². The Morgan fingerprint density at radius 1 is 1.48 bits per heavy atom. The van der Waals surface area contributed by atoms with Gasteiger partial charge in [-0.3, -0.25) is 9.59 Å². The molecule has 0 atom stereocenters. The van der Waals surface area contributed by atoms with Crippen LogP contribution in [0.15, 0.2) is 34.0 Å². The fourth-order valence-corrected chi connectivity index (χ4v) is 2.87. The number of pyridine rings is 1. The van der Waals surface area contributed by atoms with Crippen LogP contribution in [-0.2, 0) is 6.54 Å². The summed E-state index contributed by atoms with van der Waals surface area (Å²) in [4.78, 5) is 25.2. The van der Waals surface area contributed by atoms with Gasteiger partial charge in [-0.15, -0.1) is 0 Å². The molecule has 0 saturated carbocycles. The van der Waals surface area contributed by atoms with Crippen molar-refractivity contribution >= 4 is 5.91 Å². The van der Waals surface area contributed by atoms with Crippen LogP contribution in [-0.4, -0.2) is 28.7 Å². The van der Waals surface area contributed by atoms with Crippen molar-refractivity contribution in [2.75, 3.05) is 13.1 Å². The average molecular weight is 316 g/mol. The molecule has 2 aromatic rings. The highest BCUT2D eigenvalue weighted by Crippen LogP contribution is 2.17. The molecule has 23 heavy (non-hydrogen) atoms. The molecule has 0 radical (unpaired) electrons. The minimum absolute atomic E-state index is 0.147. The first-order valence-corrected chi connectivity index (χ1v) is 7.75. The lowest BCUT2D eigenvalue weighted by atomic mass is 10.0. The quantitative estimate of drug-likeness (QED) is 0.878. The van der Waals surface area contributed by atoms with E-state index in [1.807, 2.05) is 6.07 Å². The third-order valence-corrected chi connectivity index (χ3v) is 4.19.